The number of amides is 1. The summed E-state index contributed by atoms with van der Waals surface area (Å²) in [4.78, 5) is 14.5. The Morgan fingerprint density at radius 2 is 1.74 bits per heavy atom. The third-order valence-electron chi connectivity index (χ3n) is 4.97. The van der Waals surface area contributed by atoms with Crippen molar-refractivity contribution >= 4 is 17.3 Å². The highest BCUT2D eigenvalue weighted by Gasteiger charge is 2.13. The van der Waals surface area contributed by atoms with Gasteiger partial charge in [0.15, 0.2) is 11.5 Å². The molecule has 142 valence electrons. The molecule has 0 unspecified atom stereocenters. The lowest BCUT2D eigenvalue weighted by Crippen LogP contribution is -2.30. The number of nitrogens with one attached hydrogen (secondary N) is 2. The average molecular weight is 367 g/mol. The second kappa shape index (κ2) is 8.20. The third kappa shape index (κ3) is 4.45. The van der Waals surface area contributed by atoms with E-state index in [0.29, 0.717) is 6.54 Å². The van der Waals surface area contributed by atoms with Crippen LogP contribution in [0.4, 0.5) is 11.4 Å². The molecule has 1 fully saturated rings. The summed E-state index contributed by atoms with van der Waals surface area (Å²) in [6.07, 6.45) is 3.87. The largest absolute Gasteiger partial charge is 0.454 e. The number of anilines is 2. The Hall–Kier alpha value is -2.89. The van der Waals surface area contributed by atoms with Gasteiger partial charge in [-0.2, -0.15) is 0 Å². The van der Waals surface area contributed by atoms with Gasteiger partial charge in [0.05, 0.1) is 6.54 Å². The van der Waals surface area contributed by atoms with E-state index in [2.05, 4.69) is 27.7 Å². The van der Waals surface area contributed by atoms with Crippen molar-refractivity contribution in [2.75, 3.05) is 36.6 Å². The second-order valence-electron chi connectivity index (χ2n) is 6.91. The van der Waals surface area contributed by atoms with Crippen molar-refractivity contribution in [3.8, 4) is 11.5 Å². The predicted molar refractivity (Wildman–Crippen MR) is 105 cm³/mol. The van der Waals surface area contributed by atoms with E-state index in [9.17, 15) is 4.79 Å². The smallest absolute Gasteiger partial charge is 0.239 e. The molecule has 2 heterocycles. The minimum Gasteiger partial charge on any atom is -0.454 e. The Morgan fingerprint density at radius 1 is 0.963 bits per heavy atom. The molecule has 0 radical (unpaired) electrons. The van der Waals surface area contributed by atoms with Gasteiger partial charge in [-0.1, -0.05) is 6.07 Å². The lowest BCUT2D eigenvalue weighted by molar-refractivity contribution is -0.119. The van der Waals surface area contributed by atoms with Crippen molar-refractivity contribution in [1.29, 1.82) is 0 Å². The summed E-state index contributed by atoms with van der Waals surface area (Å²) in [6, 6.07) is 14.0. The van der Waals surface area contributed by atoms with E-state index in [1.54, 1.807) is 0 Å². The first-order chi connectivity index (χ1) is 13.3. The molecule has 27 heavy (non-hydrogen) atoms. The Labute approximate surface area is 159 Å². The summed E-state index contributed by atoms with van der Waals surface area (Å²) in [5, 5.41) is 6.09. The Kier molecular flexibility index (Phi) is 5.32. The Morgan fingerprint density at radius 3 is 2.56 bits per heavy atom. The molecule has 0 aromatic heterocycles. The maximum atomic E-state index is 12.1. The van der Waals surface area contributed by atoms with Crippen molar-refractivity contribution in [2.24, 2.45) is 0 Å². The Bertz CT molecular complexity index is 786. The van der Waals surface area contributed by atoms with Crippen LogP contribution in [0.5, 0.6) is 11.5 Å². The zero-order valence-electron chi connectivity index (χ0n) is 15.4. The lowest BCUT2D eigenvalue weighted by atomic mass is 10.1. The molecule has 0 bridgehead atoms. The van der Waals surface area contributed by atoms with Gasteiger partial charge in [0.2, 0.25) is 12.7 Å². The Balaban J connectivity index is 1.23. The van der Waals surface area contributed by atoms with Gasteiger partial charge in [0.1, 0.15) is 0 Å². The molecule has 2 N–H and O–H groups in total. The molecule has 0 aliphatic carbocycles. The monoisotopic (exact) mass is 367 g/mol. The van der Waals surface area contributed by atoms with Gasteiger partial charge in [-0.25, -0.2) is 0 Å². The number of rotatable bonds is 6. The summed E-state index contributed by atoms with van der Waals surface area (Å²) < 4.78 is 10.6. The molecule has 2 aliphatic heterocycles. The topological polar surface area (TPSA) is 62.8 Å². The summed E-state index contributed by atoms with van der Waals surface area (Å²) in [6.45, 7) is 3.23. The molecule has 6 nitrogen and oxygen atoms in total. The van der Waals surface area contributed by atoms with Gasteiger partial charge >= 0.3 is 0 Å². The van der Waals surface area contributed by atoms with E-state index in [0.717, 1.165) is 35.8 Å². The molecule has 1 saturated heterocycles. The van der Waals surface area contributed by atoms with Crippen molar-refractivity contribution in [3.05, 3.63) is 48.0 Å². The number of carbonyl (C=O) groups excluding carboxylic acids is 1. The van der Waals surface area contributed by atoms with Crippen LogP contribution in [0.2, 0.25) is 0 Å². The number of hydrogen-bond donors (Lipinski definition) is 2. The summed E-state index contributed by atoms with van der Waals surface area (Å²) in [5.74, 6) is 1.43. The van der Waals surface area contributed by atoms with E-state index in [1.807, 2.05) is 30.3 Å². The number of hydrogen-bond acceptors (Lipinski definition) is 5. The number of carbonyl (C=O) groups is 1. The second-order valence-corrected chi connectivity index (χ2v) is 6.91. The summed E-state index contributed by atoms with van der Waals surface area (Å²) >= 11 is 0. The summed E-state index contributed by atoms with van der Waals surface area (Å²) in [5.41, 5.74) is 3.19. The van der Waals surface area contributed by atoms with E-state index < -0.39 is 0 Å². The van der Waals surface area contributed by atoms with Crippen molar-refractivity contribution < 1.29 is 14.3 Å². The normalized spacial score (nSPS) is 15.5. The molecular formula is C21H25N3O3. The predicted octanol–water partition coefficient (Wildman–Crippen LogP) is 3.13. The standard InChI is InChI=1S/C21H25N3O3/c25-21(23-13-16-4-9-19-20(12-16)27-15-26-19)14-22-17-5-7-18(8-6-17)24-10-2-1-3-11-24/h4-9,12,22H,1-3,10-11,13-15H2,(H,23,25). The molecule has 0 spiro atoms. The van der Waals surface area contributed by atoms with Gasteiger partial charge in [-0.05, 0) is 61.2 Å². The van der Waals surface area contributed by atoms with E-state index >= 15 is 0 Å². The van der Waals surface area contributed by atoms with E-state index in [-0.39, 0.29) is 19.2 Å². The van der Waals surface area contributed by atoms with Gasteiger partial charge in [0, 0.05) is 31.0 Å². The maximum absolute atomic E-state index is 12.1. The third-order valence-corrected chi connectivity index (χ3v) is 4.97. The molecule has 0 saturated carbocycles. The van der Waals surface area contributed by atoms with Gasteiger partial charge in [-0.3, -0.25) is 4.79 Å². The SMILES string of the molecule is O=C(CNc1ccc(N2CCCCC2)cc1)NCc1ccc2c(c1)OCO2. The minimum absolute atomic E-state index is 0.0484. The van der Waals surface area contributed by atoms with Crippen LogP contribution in [0.1, 0.15) is 24.8 Å². The maximum Gasteiger partial charge on any atom is 0.239 e. The number of nitrogens with zero attached hydrogens (tertiary/aromatic N) is 1. The first-order valence-corrected chi connectivity index (χ1v) is 9.52. The van der Waals surface area contributed by atoms with Gasteiger partial charge in [-0.15, -0.1) is 0 Å². The highest BCUT2D eigenvalue weighted by atomic mass is 16.7. The number of fused-ring (bicyclic) bond motifs is 1. The zero-order chi connectivity index (χ0) is 18.5. The van der Waals surface area contributed by atoms with Crippen LogP contribution < -0.4 is 25.0 Å². The fourth-order valence-electron chi connectivity index (χ4n) is 3.44. The quantitative estimate of drug-likeness (QED) is 0.821. The van der Waals surface area contributed by atoms with Crippen LogP contribution in [0.15, 0.2) is 42.5 Å². The first-order valence-electron chi connectivity index (χ1n) is 9.52. The molecule has 0 atom stereocenters. The van der Waals surface area contributed by atoms with E-state index in [1.165, 1.54) is 24.9 Å². The average Bonchev–Trinajstić information content (AvgIpc) is 3.19. The van der Waals surface area contributed by atoms with Crippen LogP contribution in [0.3, 0.4) is 0 Å². The first kappa shape index (κ1) is 17.5. The highest BCUT2D eigenvalue weighted by Crippen LogP contribution is 2.32. The fourth-order valence-corrected chi connectivity index (χ4v) is 3.44. The highest BCUT2D eigenvalue weighted by molar-refractivity contribution is 5.80. The van der Waals surface area contributed by atoms with Crippen LogP contribution in [-0.2, 0) is 11.3 Å². The molecule has 4 rings (SSSR count). The molecule has 2 aromatic rings. The zero-order valence-corrected chi connectivity index (χ0v) is 15.4. The molecule has 2 aliphatic rings. The fraction of sp³-hybridized carbons (Fsp3) is 0.381. The van der Waals surface area contributed by atoms with E-state index in [4.69, 9.17) is 9.47 Å². The summed E-state index contributed by atoms with van der Waals surface area (Å²) in [7, 11) is 0. The van der Waals surface area contributed by atoms with Crippen molar-refractivity contribution in [2.45, 2.75) is 25.8 Å². The number of ether oxygens (including phenoxy) is 2. The molecular weight excluding hydrogens is 342 g/mol. The minimum atomic E-state index is -0.0484. The van der Waals surface area contributed by atoms with Crippen LogP contribution in [-0.4, -0.2) is 32.3 Å². The van der Waals surface area contributed by atoms with Gasteiger partial charge in [0.25, 0.3) is 0 Å². The van der Waals surface area contributed by atoms with Crippen LogP contribution in [0, 0.1) is 0 Å². The lowest BCUT2D eigenvalue weighted by Gasteiger charge is -2.28. The number of benzene rings is 2. The molecule has 1 amide bonds. The van der Waals surface area contributed by atoms with Crippen molar-refractivity contribution in [3.63, 3.8) is 0 Å². The van der Waals surface area contributed by atoms with Crippen LogP contribution in [0.25, 0.3) is 0 Å². The van der Waals surface area contributed by atoms with Crippen molar-refractivity contribution in [1.82, 2.24) is 5.32 Å². The molecule has 2 aromatic carbocycles. The molecule has 6 heteroatoms. The van der Waals surface area contributed by atoms with Crippen LogP contribution >= 0.6 is 0 Å². The van der Waals surface area contributed by atoms with Gasteiger partial charge < -0.3 is 25.0 Å². The number of piperidine rings is 1.